The van der Waals surface area contributed by atoms with E-state index in [-0.39, 0.29) is 6.04 Å². The highest BCUT2D eigenvalue weighted by molar-refractivity contribution is 7.99. The third-order valence-electron chi connectivity index (χ3n) is 3.54. The Kier molecular flexibility index (Phi) is 4.43. The molecule has 1 aromatic rings. The van der Waals surface area contributed by atoms with E-state index in [1.165, 1.54) is 6.07 Å². The molecule has 1 aromatic carbocycles. The monoisotopic (exact) mass is 300 g/mol. The molecule has 0 heterocycles. The summed E-state index contributed by atoms with van der Waals surface area (Å²) in [5.41, 5.74) is 6.88. The minimum absolute atomic E-state index is 0.0447. The Labute approximate surface area is 119 Å². The number of anilines is 1. The molecule has 0 radical (unpaired) electrons. The van der Waals surface area contributed by atoms with Crippen molar-refractivity contribution >= 4 is 27.5 Å². The Balaban J connectivity index is 2.17. The zero-order valence-corrected chi connectivity index (χ0v) is 12.9. The molecule has 0 spiro atoms. The fourth-order valence-electron chi connectivity index (χ4n) is 2.45. The summed E-state index contributed by atoms with van der Waals surface area (Å²) in [5, 5.41) is 0.564. The highest BCUT2D eigenvalue weighted by Crippen LogP contribution is 2.29. The van der Waals surface area contributed by atoms with Crippen LogP contribution >= 0.6 is 11.8 Å². The molecule has 0 aliphatic heterocycles. The first kappa shape index (κ1) is 14.7. The Bertz CT molecular complexity index is 558. The lowest BCUT2D eigenvalue weighted by atomic mass is 10.2. The van der Waals surface area contributed by atoms with Gasteiger partial charge >= 0.3 is 0 Å². The Hall–Kier alpha value is -0.720. The van der Waals surface area contributed by atoms with Crippen LogP contribution in [0.2, 0.25) is 0 Å². The van der Waals surface area contributed by atoms with Crippen LogP contribution in [0.5, 0.6) is 0 Å². The molecular weight excluding hydrogens is 280 g/mol. The average molecular weight is 300 g/mol. The number of hydrogen-bond acceptors (Lipinski definition) is 4. The van der Waals surface area contributed by atoms with Gasteiger partial charge < -0.3 is 5.73 Å². The van der Waals surface area contributed by atoms with E-state index < -0.39 is 10.0 Å². The van der Waals surface area contributed by atoms with Crippen molar-refractivity contribution in [1.82, 2.24) is 4.72 Å². The van der Waals surface area contributed by atoms with Crippen LogP contribution in [0.25, 0.3) is 0 Å². The molecule has 2 rings (SSSR count). The lowest BCUT2D eigenvalue weighted by molar-refractivity contribution is 0.552. The predicted octanol–water partition coefficient (Wildman–Crippen LogP) is 2.14. The molecule has 19 heavy (non-hydrogen) atoms. The van der Waals surface area contributed by atoms with Crippen LogP contribution in [0.1, 0.15) is 24.8 Å². The van der Waals surface area contributed by atoms with Gasteiger partial charge in [0.25, 0.3) is 0 Å². The maximum Gasteiger partial charge on any atom is 0.241 e. The summed E-state index contributed by atoms with van der Waals surface area (Å²) in [4.78, 5) is 0.292. The van der Waals surface area contributed by atoms with Gasteiger partial charge in [-0.25, -0.2) is 13.1 Å². The first-order valence-electron chi connectivity index (χ1n) is 6.33. The molecule has 2 unspecified atom stereocenters. The van der Waals surface area contributed by atoms with Crippen LogP contribution in [0.4, 0.5) is 5.69 Å². The lowest BCUT2D eigenvalue weighted by Gasteiger charge is -2.15. The van der Waals surface area contributed by atoms with E-state index in [0.29, 0.717) is 15.8 Å². The van der Waals surface area contributed by atoms with Gasteiger partial charge in [-0.3, -0.25) is 0 Å². The predicted molar refractivity (Wildman–Crippen MR) is 80.9 cm³/mol. The van der Waals surface area contributed by atoms with E-state index in [1.807, 2.05) is 11.8 Å². The number of sulfonamides is 1. The van der Waals surface area contributed by atoms with Crippen LogP contribution < -0.4 is 10.5 Å². The SMILES string of the molecule is CSC1CCC(NS(=O)(=O)c2cc(N)ccc2C)C1. The summed E-state index contributed by atoms with van der Waals surface area (Å²) in [7, 11) is -3.47. The zero-order chi connectivity index (χ0) is 14.0. The molecule has 1 aliphatic rings. The largest absolute Gasteiger partial charge is 0.399 e. The lowest BCUT2D eigenvalue weighted by Crippen LogP contribution is -2.33. The van der Waals surface area contributed by atoms with Crippen molar-refractivity contribution in [3.05, 3.63) is 23.8 Å². The molecule has 2 atom stereocenters. The number of rotatable bonds is 4. The molecule has 106 valence electrons. The second-order valence-corrected chi connectivity index (χ2v) is 7.83. The minimum atomic E-state index is -3.47. The van der Waals surface area contributed by atoms with Crippen molar-refractivity contribution in [1.29, 1.82) is 0 Å². The van der Waals surface area contributed by atoms with Crippen LogP contribution in [-0.4, -0.2) is 26.0 Å². The van der Waals surface area contributed by atoms with Crippen LogP contribution in [0.3, 0.4) is 0 Å². The fraction of sp³-hybridized carbons (Fsp3) is 0.538. The number of thioether (sulfide) groups is 1. The van der Waals surface area contributed by atoms with Crippen molar-refractivity contribution in [3.8, 4) is 0 Å². The minimum Gasteiger partial charge on any atom is -0.399 e. The van der Waals surface area contributed by atoms with Gasteiger partial charge in [-0.2, -0.15) is 11.8 Å². The summed E-state index contributed by atoms with van der Waals surface area (Å²) >= 11 is 1.81. The van der Waals surface area contributed by atoms with Gasteiger partial charge in [0, 0.05) is 17.0 Å². The van der Waals surface area contributed by atoms with Gasteiger partial charge in [-0.05, 0) is 50.1 Å². The molecule has 3 N–H and O–H groups in total. The van der Waals surface area contributed by atoms with Crippen molar-refractivity contribution in [2.24, 2.45) is 0 Å². The Morgan fingerprint density at radius 2 is 2.11 bits per heavy atom. The topological polar surface area (TPSA) is 72.2 Å². The molecular formula is C13H20N2O2S2. The van der Waals surface area contributed by atoms with Crippen LogP contribution in [-0.2, 0) is 10.0 Å². The molecule has 1 aliphatic carbocycles. The molecule has 6 heteroatoms. The number of nitrogens with one attached hydrogen (secondary N) is 1. The van der Waals surface area contributed by atoms with Crippen molar-refractivity contribution in [2.75, 3.05) is 12.0 Å². The number of nitrogens with two attached hydrogens (primary N) is 1. The zero-order valence-electron chi connectivity index (χ0n) is 11.2. The van der Waals surface area contributed by atoms with E-state index in [4.69, 9.17) is 5.73 Å². The van der Waals surface area contributed by atoms with Gasteiger partial charge in [-0.1, -0.05) is 6.07 Å². The maximum atomic E-state index is 12.4. The van der Waals surface area contributed by atoms with Gasteiger partial charge in [-0.15, -0.1) is 0 Å². The van der Waals surface area contributed by atoms with E-state index in [0.717, 1.165) is 24.8 Å². The maximum absolute atomic E-state index is 12.4. The third-order valence-corrected chi connectivity index (χ3v) is 6.30. The van der Waals surface area contributed by atoms with Gasteiger partial charge in [0.15, 0.2) is 0 Å². The normalized spacial score (nSPS) is 23.7. The van der Waals surface area contributed by atoms with Crippen LogP contribution in [0, 0.1) is 6.92 Å². The molecule has 0 bridgehead atoms. The highest BCUT2D eigenvalue weighted by atomic mass is 32.2. The number of benzene rings is 1. The van der Waals surface area contributed by atoms with E-state index in [1.54, 1.807) is 19.1 Å². The van der Waals surface area contributed by atoms with E-state index >= 15 is 0 Å². The molecule has 0 amide bonds. The summed E-state index contributed by atoms with van der Waals surface area (Å²) in [5.74, 6) is 0. The molecule has 4 nitrogen and oxygen atoms in total. The van der Waals surface area contributed by atoms with Gasteiger partial charge in [0.1, 0.15) is 0 Å². The smallest absolute Gasteiger partial charge is 0.241 e. The Morgan fingerprint density at radius 3 is 2.74 bits per heavy atom. The van der Waals surface area contributed by atoms with E-state index in [2.05, 4.69) is 11.0 Å². The van der Waals surface area contributed by atoms with Gasteiger partial charge in [0.2, 0.25) is 10.0 Å². The molecule has 0 saturated heterocycles. The van der Waals surface area contributed by atoms with Crippen LogP contribution in [0.15, 0.2) is 23.1 Å². The van der Waals surface area contributed by atoms with Crippen molar-refractivity contribution in [2.45, 2.75) is 42.4 Å². The number of hydrogen-bond donors (Lipinski definition) is 2. The summed E-state index contributed by atoms with van der Waals surface area (Å²) in [6, 6.07) is 5.03. The third kappa shape index (κ3) is 3.43. The van der Waals surface area contributed by atoms with Crippen molar-refractivity contribution in [3.63, 3.8) is 0 Å². The summed E-state index contributed by atoms with van der Waals surface area (Å²) < 4.78 is 27.6. The first-order valence-corrected chi connectivity index (χ1v) is 9.10. The van der Waals surface area contributed by atoms with E-state index in [9.17, 15) is 8.42 Å². The van der Waals surface area contributed by atoms with Gasteiger partial charge in [0.05, 0.1) is 4.90 Å². The fourth-order valence-corrected chi connectivity index (χ4v) is 4.81. The second-order valence-electron chi connectivity index (χ2n) is 5.01. The highest BCUT2D eigenvalue weighted by Gasteiger charge is 2.28. The van der Waals surface area contributed by atoms with Crippen molar-refractivity contribution < 1.29 is 8.42 Å². The molecule has 1 fully saturated rings. The molecule has 1 saturated carbocycles. The summed E-state index contributed by atoms with van der Waals surface area (Å²) in [6.07, 6.45) is 4.96. The molecule has 0 aromatic heterocycles. The standard InChI is InChI=1S/C13H20N2O2S2/c1-9-3-4-10(14)7-13(9)19(16,17)15-11-5-6-12(8-11)18-2/h3-4,7,11-12,15H,5-6,8,14H2,1-2H3. The second kappa shape index (κ2) is 5.73. The summed E-state index contributed by atoms with van der Waals surface area (Å²) in [6.45, 7) is 1.79. The quantitative estimate of drug-likeness (QED) is 0.836. The Morgan fingerprint density at radius 1 is 1.37 bits per heavy atom. The first-order chi connectivity index (χ1) is 8.92. The average Bonchev–Trinajstić information content (AvgIpc) is 2.79. The number of aryl methyl sites for hydroxylation is 1. The number of nitrogen functional groups attached to an aromatic ring is 1.